The molecule has 6 heteroatoms. The SMILES string of the molecule is CCOC(=O)C1(c2cc(Cl)nc(Cl)c2)CC2(COC2)C1. The number of esters is 1. The summed E-state index contributed by atoms with van der Waals surface area (Å²) in [5.74, 6) is -0.212. The van der Waals surface area contributed by atoms with Crippen molar-refractivity contribution >= 4 is 29.2 Å². The van der Waals surface area contributed by atoms with Gasteiger partial charge in [0.25, 0.3) is 0 Å². The molecule has 1 aliphatic heterocycles. The largest absolute Gasteiger partial charge is 0.465 e. The van der Waals surface area contributed by atoms with Crippen LogP contribution < -0.4 is 0 Å². The number of hydrogen-bond donors (Lipinski definition) is 0. The van der Waals surface area contributed by atoms with Crippen molar-refractivity contribution in [2.75, 3.05) is 19.8 Å². The fourth-order valence-electron chi connectivity index (χ4n) is 3.30. The number of carbonyl (C=O) groups is 1. The molecule has 20 heavy (non-hydrogen) atoms. The molecule has 1 aliphatic carbocycles. The maximum absolute atomic E-state index is 12.4. The zero-order chi connectivity index (χ0) is 14.4. The van der Waals surface area contributed by atoms with Crippen LogP contribution >= 0.6 is 23.2 Å². The first-order valence-electron chi connectivity index (χ1n) is 6.58. The molecule has 0 aromatic carbocycles. The Kier molecular flexibility index (Phi) is 3.43. The summed E-state index contributed by atoms with van der Waals surface area (Å²) >= 11 is 11.9. The van der Waals surface area contributed by atoms with Gasteiger partial charge in [-0.1, -0.05) is 23.2 Å². The highest BCUT2D eigenvalue weighted by Crippen LogP contribution is 2.60. The average molecular weight is 316 g/mol. The quantitative estimate of drug-likeness (QED) is 0.635. The van der Waals surface area contributed by atoms with Gasteiger partial charge in [0.1, 0.15) is 10.3 Å². The van der Waals surface area contributed by atoms with Gasteiger partial charge in [0.15, 0.2) is 0 Å². The highest BCUT2D eigenvalue weighted by atomic mass is 35.5. The van der Waals surface area contributed by atoms with E-state index in [2.05, 4.69) is 4.98 Å². The second-order valence-electron chi connectivity index (χ2n) is 5.65. The maximum atomic E-state index is 12.4. The van der Waals surface area contributed by atoms with E-state index in [-0.39, 0.29) is 11.4 Å². The average Bonchev–Trinajstić information content (AvgIpc) is 2.24. The number of nitrogens with zero attached hydrogens (tertiary/aromatic N) is 1. The minimum atomic E-state index is -0.657. The fraction of sp³-hybridized carbons (Fsp3) is 0.571. The molecule has 1 saturated heterocycles. The van der Waals surface area contributed by atoms with Crippen molar-refractivity contribution in [2.24, 2.45) is 5.41 Å². The van der Waals surface area contributed by atoms with Crippen molar-refractivity contribution in [1.29, 1.82) is 0 Å². The van der Waals surface area contributed by atoms with E-state index < -0.39 is 5.41 Å². The zero-order valence-electron chi connectivity index (χ0n) is 11.1. The summed E-state index contributed by atoms with van der Waals surface area (Å²) in [6, 6.07) is 3.41. The Hall–Kier alpha value is -0.840. The number of carbonyl (C=O) groups excluding carboxylic acids is 1. The van der Waals surface area contributed by atoms with Crippen LogP contribution in [0.3, 0.4) is 0 Å². The summed E-state index contributed by atoms with van der Waals surface area (Å²) in [5, 5.41) is 0.587. The highest BCUT2D eigenvalue weighted by molar-refractivity contribution is 6.32. The second kappa shape index (κ2) is 4.86. The molecular weight excluding hydrogens is 301 g/mol. The molecule has 0 unspecified atom stereocenters. The number of pyridine rings is 1. The highest BCUT2D eigenvalue weighted by Gasteiger charge is 2.63. The number of hydrogen-bond acceptors (Lipinski definition) is 4. The molecule has 2 aliphatic rings. The number of rotatable bonds is 3. The fourth-order valence-corrected chi connectivity index (χ4v) is 3.76. The van der Waals surface area contributed by atoms with Crippen LogP contribution in [0.4, 0.5) is 0 Å². The van der Waals surface area contributed by atoms with E-state index in [1.165, 1.54) is 0 Å². The monoisotopic (exact) mass is 315 g/mol. The Balaban J connectivity index is 1.95. The molecule has 0 radical (unpaired) electrons. The molecule has 0 N–H and O–H groups in total. The zero-order valence-corrected chi connectivity index (χ0v) is 12.6. The summed E-state index contributed by atoms with van der Waals surface area (Å²) < 4.78 is 10.5. The molecule has 0 bridgehead atoms. The van der Waals surface area contributed by atoms with Crippen LogP contribution in [0.5, 0.6) is 0 Å². The van der Waals surface area contributed by atoms with Gasteiger partial charge in [-0.05, 0) is 37.5 Å². The Morgan fingerprint density at radius 1 is 1.35 bits per heavy atom. The maximum Gasteiger partial charge on any atom is 0.316 e. The van der Waals surface area contributed by atoms with E-state index in [0.29, 0.717) is 30.1 Å². The molecule has 2 fully saturated rings. The minimum absolute atomic E-state index is 0.120. The molecule has 3 rings (SSSR count). The van der Waals surface area contributed by atoms with Gasteiger partial charge in [0, 0.05) is 5.41 Å². The van der Waals surface area contributed by atoms with E-state index in [0.717, 1.165) is 18.4 Å². The van der Waals surface area contributed by atoms with Crippen molar-refractivity contribution in [3.8, 4) is 0 Å². The Morgan fingerprint density at radius 2 is 1.95 bits per heavy atom. The number of aromatic nitrogens is 1. The van der Waals surface area contributed by atoms with E-state index >= 15 is 0 Å². The molecule has 1 saturated carbocycles. The predicted octanol–water partition coefficient (Wildman–Crippen LogP) is 3.00. The van der Waals surface area contributed by atoms with Gasteiger partial charge in [0.2, 0.25) is 0 Å². The standard InChI is InChI=1S/C14H15Cl2NO3/c1-2-20-12(18)14(5-13(6-14)7-19-8-13)9-3-10(15)17-11(16)4-9/h3-4H,2,5-8H2,1H3. The molecule has 1 spiro atoms. The predicted molar refractivity (Wildman–Crippen MR) is 75.1 cm³/mol. The van der Waals surface area contributed by atoms with Crippen LogP contribution in [0.2, 0.25) is 10.3 Å². The lowest BCUT2D eigenvalue weighted by molar-refractivity contribution is -0.204. The lowest BCUT2D eigenvalue weighted by Crippen LogP contribution is -2.63. The Labute approximate surface area is 127 Å². The Morgan fingerprint density at radius 3 is 2.40 bits per heavy atom. The first-order chi connectivity index (χ1) is 9.50. The van der Waals surface area contributed by atoms with E-state index in [9.17, 15) is 4.79 Å². The van der Waals surface area contributed by atoms with Crippen LogP contribution in [-0.4, -0.2) is 30.8 Å². The van der Waals surface area contributed by atoms with Gasteiger partial charge in [0.05, 0.1) is 25.2 Å². The van der Waals surface area contributed by atoms with Crippen LogP contribution in [0.1, 0.15) is 25.3 Å². The normalized spacial score (nSPS) is 21.9. The topological polar surface area (TPSA) is 48.4 Å². The summed E-state index contributed by atoms with van der Waals surface area (Å²) in [4.78, 5) is 16.4. The van der Waals surface area contributed by atoms with Crippen LogP contribution in [-0.2, 0) is 19.7 Å². The first kappa shape index (κ1) is 14.1. The van der Waals surface area contributed by atoms with E-state index in [1.54, 1.807) is 19.1 Å². The molecule has 0 amide bonds. The van der Waals surface area contributed by atoms with Gasteiger partial charge >= 0.3 is 5.97 Å². The summed E-state index contributed by atoms with van der Waals surface area (Å²) in [6.45, 7) is 3.58. The smallest absolute Gasteiger partial charge is 0.316 e. The van der Waals surface area contributed by atoms with E-state index in [1.807, 2.05) is 0 Å². The van der Waals surface area contributed by atoms with E-state index in [4.69, 9.17) is 32.7 Å². The molecule has 2 heterocycles. The Bertz CT molecular complexity index is 529. The molecular formula is C14H15Cl2NO3. The van der Waals surface area contributed by atoms with Crippen molar-refractivity contribution in [3.05, 3.63) is 28.0 Å². The molecule has 0 atom stereocenters. The van der Waals surface area contributed by atoms with Gasteiger partial charge < -0.3 is 9.47 Å². The molecule has 1 aromatic heterocycles. The number of halogens is 2. The molecule has 4 nitrogen and oxygen atoms in total. The van der Waals surface area contributed by atoms with Gasteiger partial charge in [-0.2, -0.15) is 0 Å². The summed E-state index contributed by atoms with van der Waals surface area (Å²) in [5.41, 5.74) is 0.254. The van der Waals surface area contributed by atoms with Crippen molar-refractivity contribution in [3.63, 3.8) is 0 Å². The van der Waals surface area contributed by atoms with Crippen LogP contribution in [0.15, 0.2) is 12.1 Å². The molecule has 108 valence electrons. The minimum Gasteiger partial charge on any atom is -0.465 e. The third kappa shape index (κ3) is 2.10. The third-order valence-corrected chi connectivity index (χ3v) is 4.54. The summed E-state index contributed by atoms with van der Waals surface area (Å²) in [6.07, 6.45) is 1.44. The third-order valence-electron chi connectivity index (χ3n) is 4.15. The van der Waals surface area contributed by atoms with Crippen LogP contribution in [0.25, 0.3) is 0 Å². The number of ether oxygens (including phenoxy) is 2. The van der Waals surface area contributed by atoms with Crippen LogP contribution in [0, 0.1) is 5.41 Å². The van der Waals surface area contributed by atoms with Crippen molar-refractivity contribution < 1.29 is 14.3 Å². The van der Waals surface area contributed by atoms with Gasteiger partial charge in [-0.25, -0.2) is 4.98 Å². The first-order valence-corrected chi connectivity index (χ1v) is 7.34. The van der Waals surface area contributed by atoms with Crippen molar-refractivity contribution in [2.45, 2.75) is 25.2 Å². The lowest BCUT2D eigenvalue weighted by atomic mass is 9.49. The van der Waals surface area contributed by atoms with Crippen molar-refractivity contribution in [1.82, 2.24) is 4.98 Å². The summed E-state index contributed by atoms with van der Waals surface area (Å²) in [7, 11) is 0. The lowest BCUT2D eigenvalue weighted by Gasteiger charge is -2.58. The second-order valence-corrected chi connectivity index (χ2v) is 6.42. The molecule has 1 aromatic rings. The van der Waals surface area contributed by atoms with Gasteiger partial charge in [-0.15, -0.1) is 0 Å². The van der Waals surface area contributed by atoms with Gasteiger partial charge in [-0.3, -0.25) is 4.79 Å².